The summed E-state index contributed by atoms with van der Waals surface area (Å²) in [5, 5.41) is 0. The van der Waals surface area contributed by atoms with E-state index in [-0.39, 0.29) is 4.90 Å². The van der Waals surface area contributed by atoms with Crippen LogP contribution in [0.1, 0.15) is 34.0 Å². The molecule has 0 aromatic heterocycles. The number of fused-ring (bicyclic) bond motifs is 2. The average molecular weight is 389 g/mol. The Labute approximate surface area is 164 Å². The fourth-order valence-electron chi connectivity index (χ4n) is 3.39. The van der Waals surface area contributed by atoms with Gasteiger partial charge in [-0.05, 0) is 60.9 Å². The van der Waals surface area contributed by atoms with Gasteiger partial charge in [0.15, 0.2) is 0 Å². The number of allylic oxidation sites excluding steroid dienone is 1. The average Bonchev–Trinajstić information content (AvgIpc) is 2.68. The zero-order valence-corrected chi connectivity index (χ0v) is 16.4. The molecule has 0 spiro atoms. The number of nitrogens with zero attached hydrogens (tertiary/aromatic N) is 1. The molecule has 5 heteroatoms. The fraction of sp³-hybridized carbons (Fsp3) is 0.0870. The monoisotopic (exact) mass is 389 g/mol. The Kier molecular flexibility index (Phi) is 4.40. The highest BCUT2D eigenvalue weighted by molar-refractivity contribution is 7.93. The van der Waals surface area contributed by atoms with Crippen molar-refractivity contribution in [3.05, 3.63) is 95.1 Å². The highest BCUT2D eigenvalue weighted by atomic mass is 32.2. The van der Waals surface area contributed by atoms with Gasteiger partial charge >= 0.3 is 0 Å². The summed E-state index contributed by atoms with van der Waals surface area (Å²) in [7, 11) is -4.09. The van der Waals surface area contributed by atoms with Gasteiger partial charge in [-0.2, -0.15) is 4.31 Å². The van der Waals surface area contributed by atoms with Crippen molar-refractivity contribution in [2.45, 2.75) is 18.7 Å². The van der Waals surface area contributed by atoms with E-state index in [1.54, 1.807) is 36.4 Å². The summed E-state index contributed by atoms with van der Waals surface area (Å²) >= 11 is 0. The number of hydrogen-bond donors (Lipinski definition) is 0. The number of aryl methyl sites for hydroxylation is 1. The number of rotatable bonds is 2. The molecule has 4 rings (SSSR count). The van der Waals surface area contributed by atoms with Crippen LogP contribution in [0.4, 0.5) is 5.69 Å². The van der Waals surface area contributed by atoms with Gasteiger partial charge in [0.25, 0.3) is 15.9 Å². The van der Waals surface area contributed by atoms with Crippen LogP contribution in [0.25, 0.3) is 11.6 Å². The van der Waals surface area contributed by atoms with Crippen LogP contribution in [0.15, 0.2) is 77.7 Å². The molecule has 0 fully saturated rings. The number of sulfonamides is 1. The van der Waals surface area contributed by atoms with E-state index in [4.69, 9.17) is 0 Å². The molecule has 0 N–H and O–H groups in total. The molecule has 0 radical (unpaired) electrons. The van der Waals surface area contributed by atoms with Gasteiger partial charge in [0, 0.05) is 5.56 Å². The lowest BCUT2D eigenvalue weighted by Gasteiger charge is -2.27. The van der Waals surface area contributed by atoms with E-state index in [0.29, 0.717) is 16.8 Å². The van der Waals surface area contributed by atoms with Gasteiger partial charge in [0.05, 0.1) is 10.6 Å². The lowest BCUT2D eigenvalue weighted by atomic mass is 9.96. The number of amides is 1. The third-order valence-corrected chi connectivity index (χ3v) is 6.56. The van der Waals surface area contributed by atoms with Crippen molar-refractivity contribution < 1.29 is 13.2 Å². The largest absolute Gasteiger partial charge is 0.272 e. The number of anilines is 1. The SMILES string of the molecule is C/C1=C/c2ccccc2N(S(=O)(=O)c2ccc(C)cc2)C(=O)c2ccccc21. The first kappa shape index (κ1) is 18.2. The predicted octanol–water partition coefficient (Wildman–Crippen LogP) is 4.90. The molecule has 3 aromatic rings. The third-order valence-electron chi connectivity index (χ3n) is 4.85. The first-order valence-electron chi connectivity index (χ1n) is 8.92. The summed E-state index contributed by atoms with van der Waals surface area (Å²) in [6.45, 7) is 3.81. The second-order valence-electron chi connectivity index (χ2n) is 6.82. The van der Waals surface area contributed by atoms with E-state index in [9.17, 15) is 13.2 Å². The molecule has 28 heavy (non-hydrogen) atoms. The summed E-state index contributed by atoms with van der Waals surface area (Å²) in [4.78, 5) is 13.6. The van der Waals surface area contributed by atoms with Gasteiger partial charge < -0.3 is 0 Å². The zero-order chi connectivity index (χ0) is 19.9. The summed E-state index contributed by atoms with van der Waals surface area (Å²) < 4.78 is 28.0. The number of carbonyl (C=O) groups is 1. The maximum atomic E-state index is 13.5. The summed E-state index contributed by atoms with van der Waals surface area (Å²) in [6, 6.07) is 20.7. The second-order valence-corrected chi connectivity index (χ2v) is 8.61. The topological polar surface area (TPSA) is 54.5 Å². The van der Waals surface area contributed by atoms with E-state index >= 15 is 0 Å². The molecule has 1 aliphatic heterocycles. The van der Waals surface area contributed by atoms with Gasteiger partial charge in [-0.3, -0.25) is 4.79 Å². The number of benzene rings is 3. The quantitative estimate of drug-likeness (QED) is 0.626. The Morgan fingerprint density at radius 2 is 1.36 bits per heavy atom. The normalized spacial score (nSPS) is 15.7. The Morgan fingerprint density at radius 1 is 0.750 bits per heavy atom. The number of hydrogen-bond acceptors (Lipinski definition) is 3. The smallest absolute Gasteiger partial charge is 0.268 e. The maximum absolute atomic E-state index is 13.5. The van der Waals surface area contributed by atoms with Gasteiger partial charge in [-0.1, -0.05) is 54.1 Å². The van der Waals surface area contributed by atoms with Crippen LogP contribution in [-0.4, -0.2) is 14.3 Å². The first-order chi connectivity index (χ1) is 13.4. The van der Waals surface area contributed by atoms with Crippen LogP contribution in [0.3, 0.4) is 0 Å². The van der Waals surface area contributed by atoms with Crippen LogP contribution in [0, 0.1) is 6.92 Å². The van der Waals surface area contributed by atoms with Gasteiger partial charge in [-0.25, -0.2) is 8.42 Å². The van der Waals surface area contributed by atoms with E-state index in [2.05, 4.69) is 0 Å². The molecule has 0 saturated carbocycles. The minimum Gasteiger partial charge on any atom is -0.268 e. The molecule has 0 aliphatic carbocycles. The standard InChI is InChI=1S/C23H19NO3S/c1-16-11-13-19(14-12-16)28(26,27)24-22-10-6-3-7-18(22)15-17(2)20-8-4-5-9-21(20)23(24)25/h3-15H,1-2H3/b17-15-. The van der Waals surface area contributed by atoms with Crippen molar-refractivity contribution in [2.24, 2.45) is 0 Å². The fourth-order valence-corrected chi connectivity index (χ4v) is 4.82. The Hall–Kier alpha value is -3.18. The zero-order valence-electron chi connectivity index (χ0n) is 15.6. The van der Waals surface area contributed by atoms with E-state index in [1.165, 1.54) is 12.1 Å². The van der Waals surface area contributed by atoms with Crippen LogP contribution in [0.5, 0.6) is 0 Å². The van der Waals surface area contributed by atoms with Crippen molar-refractivity contribution in [2.75, 3.05) is 4.31 Å². The Bertz CT molecular complexity index is 1210. The Morgan fingerprint density at radius 3 is 2.07 bits per heavy atom. The molecule has 1 aliphatic rings. The van der Waals surface area contributed by atoms with Gasteiger partial charge in [0.2, 0.25) is 0 Å². The van der Waals surface area contributed by atoms with E-state index < -0.39 is 15.9 Å². The second kappa shape index (κ2) is 6.77. The van der Waals surface area contributed by atoms with Crippen molar-refractivity contribution in [1.82, 2.24) is 0 Å². The maximum Gasteiger partial charge on any atom is 0.272 e. The highest BCUT2D eigenvalue weighted by Gasteiger charge is 2.35. The summed E-state index contributed by atoms with van der Waals surface area (Å²) in [5.74, 6) is -0.559. The lowest BCUT2D eigenvalue weighted by molar-refractivity contribution is 0.100. The summed E-state index contributed by atoms with van der Waals surface area (Å²) in [6.07, 6.45) is 1.91. The molecule has 0 bridgehead atoms. The first-order valence-corrected chi connectivity index (χ1v) is 10.4. The molecular formula is C23H19NO3S. The molecule has 0 saturated heterocycles. The minimum atomic E-state index is -4.09. The van der Waals surface area contributed by atoms with E-state index in [1.807, 2.05) is 44.2 Å². The van der Waals surface area contributed by atoms with Crippen molar-refractivity contribution in [1.29, 1.82) is 0 Å². The van der Waals surface area contributed by atoms with Gasteiger partial charge in [0.1, 0.15) is 0 Å². The molecule has 3 aromatic carbocycles. The molecular weight excluding hydrogens is 370 g/mol. The van der Waals surface area contributed by atoms with Crippen molar-refractivity contribution >= 4 is 33.3 Å². The molecule has 4 nitrogen and oxygen atoms in total. The number of para-hydroxylation sites is 1. The summed E-state index contributed by atoms with van der Waals surface area (Å²) in [5.41, 5.74) is 3.97. The third kappa shape index (κ3) is 2.94. The highest BCUT2D eigenvalue weighted by Crippen LogP contribution is 2.35. The number of carbonyl (C=O) groups excluding carboxylic acids is 1. The molecule has 140 valence electrons. The van der Waals surface area contributed by atoms with Crippen LogP contribution in [0.2, 0.25) is 0 Å². The molecule has 1 heterocycles. The lowest BCUT2D eigenvalue weighted by Crippen LogP contribution is -2.38. The Balaban J connectivity index is 2.02. The van der Waals surface area contributed by atoms with Crippen molar-refractivity contribution in [3.63, 3.8) is 0 Å². The molecule has 0 unspecified atom stereocenters. The van der Waals surface area contributed by atoms with Crippen molar-refractivity contribution in [3.8, 4) is 0 Å². The van der Waals surface area contributed by atoms with Gasteiger partial charge in [-0.15, -0.1) is 0 Å². The van der Waals surface area contributed by atoms with Crippen LogP contribution >= 0.6 is 0 Å². The molecule has 1 amide bonds. The minimum absolute atomic E-state index is 0.0833. The van der Waals surface area contributed by atoms with Crippen LogP contribution < -0.4 is 4.31 Å². The van der Waals surface area contributed by atoms with E-state index in [0.717, 1.165) is 21.0 Å². The predicted molar refractivity (Wildman–Crippen MR) is 112 cm³/mol. The van der Waals surface area contributed by atoms with Crippen LogP contribution in [-0.2, 0) is 10.0 Å². The molecule has 0 atom stereocenters.